The van der Waals surface area contributed by atoms with Crippen molar-refractivity contribution in [1.82, 2.24) is 4.57 Å². The van der Waals surface area contributed by atoms with Gasteiger partial charge in [0.1, 0.15) is 17.4 Å². The Morgan fingerprint density at radius 2 is 1.76 bits per heavy atom. The molecule has 0 spiro atoms. The van der Waals surface area contributed by atoms with Gasteiger partial charge in [-0.2, -0.15) is 5.26 Å². The van der Waals surface area contributed by atoms with Crippen LogP contribution in [0, 0.1) is 29.9 Å². The zero-order chi connectivity index (χ0) is 24.8. The van der Waals surface area contributed by atoms with Crippen LogP contribution in [0.1, 0.15) is 41.9 Å². The average Bonchev–Trinajstić information content (AvgIpc) is 3.12. The van der Waals surface area contributed by atoms with Crippen molar-refractivity contribution in [3.05, 3.63) is 83.1 Å². The number of rotatable bonds is 5. The van der Waals surface area contributed by atoms with E-state index in [0.717, 1.165) is 6.07 Å². The highest BCUT2D eigenvalue weighted by atomic mass is 19.1. The summed E-state index contributed by atoms with van der Waals surface area (Å²) < 4.78 is 30.8. The van der Waals surface area contributed by atoms with Crippen molar-refractivity contribution in [3.63, 3.8) is 0 Å². The summed E-state index contributed by atoms with van der Waals surface area (Å²) in [6.45, 7) is 5.32. The Hall–Kier alpha value is -4.18. The van der Waals surface area contributed by atoms with Crippen LogP contribution in [0.15, 0.2) is 54.6 Å². The molecule has 1 heterocycles. The third-order valence-electron chi connectivity index (χ3n) is 6.01. The largest absolute Gasteiger partial charge is 0.507 e. The van der Waals surface area contributed by atoms with Crippen LogP contribution in [0.2, 0.25) is 0 Å². The van der Waals surface area contributed by atoms with Crippen molar-refractivity contribution >= 4 is 16.9 Å². The van der Waals surface area contributed by atoms with E-state index in [9.17, 15) is 29.1 Å². The maximum atomic E-state index is 14.6. The molecule has 172 valence electrons. The Morgan fingerprint density at radius 1 is 1.09 bits per heavy atom. The number of phenolic OH excluding ortho intramolecular Hbond substituents is 1. The van der Waals surface area contributed by atoms with E-state index in [-0.39, 0.29) is 17.7 Å². The van der Waals surface area contributed by atoms with E-state index in [0.29, 0.717) is 39.0 Å². The highest BCUT2D eigenvalue weighted by Crippen LogP contribution is 2.47. The number of fused-ring (bicyclic) bond motifs is 1. The number of halogens is 2. The molecule has 0 aliphatic carbocycles. The van der Waals surface area contributed by atoms with Crippen molar-refractivity contribution in [2.75, 3.05) is 0 Å². The smallest absolute Gasteiger partial charge is 0.335 e. The lowest BCUT2D eigenvalue weighted by molar-refractivity contribution is 0.0697. The van der Waals surface area contributed by atoms with Crippen LogP contribution in [0.5, 0.6) is 5.75 Å². The molecule has 34 heavy (non-hydrogen) atoms. The van der Waals surface area contributed by atoms with Crippen LogP contribution >= 0.6 is 0 Å². The molecule has 1 aromatic heterocycles. The molecule has 4 rings (SSSR count). The van der Waals surface area contributed by atoms with E-state index in [1.165, 1.54) is 24.3 Å². The molecule has 0 aliphatic rings. The predicted octanol–water partition coefficient (Wildman–Crippen LogP) is 6.48. The van der Waals surface area contributed by atoms with Crippen LogP contribution in [-0.2, 0) is 5.41 Å². The first-order chi connectivity index (χ1) is 16.0. The Bertz CT molecular complexity index is 1480. The van der Waals surface area contributed by atoms with Crippen molar-refractivity contribution in [2.45, 2.75) is 32.6 Å². The van der Waals surface area contributed by atoms with Gasteiger partial charge < -0.3 is 14.8 Å². The van der Waals surface area contributed by atoms with Gasteiger partial charge in [-0.05, 0) is 48.4 Å². The second-order valence-corrected chi connectivity index (χ2v) is 8.91. The summed E-state index contributed by atoms with van der Waals surface area (Å²) in [5.41, 5.74) is 2.09. The van der Waals surface area contributed by atoms with Gasteiger partial charge in [-0.15, -0.1) is 0 Å². The third kappa shape index (κ3) is 3.77. The summed E-state index contributed by atoms with van der Waals surface area (Å²) in [6.07, 6.45) is 0.0844. The SMILES string of the molecule is Cc1ccc(-n2c(C(C)(C)CC#N)c(-c3ccc(C(=O)O)cc3)c3c(O)cc(F)cc32)cc1F. The zero-order valence-corrected chi connectivity index (χ0v) is 18.9. The number of hydrogen-bond donors (Lipinski definition) is 2. The quantitative estimate of drug-likeness (QED) is 0.357. The Labute approximate surface area is 195 Å². The third-order valence-corrected chi connectivity index (χ3v) is 6.01. The van der Waals surface area contributed by atoms with Crippen molar-refractivity contribution < 1.29 is 23.8 Å². The van der Waals surface area contributed by atoms with E-state index in [1.807, 2.05) is 13.8 Å². The average molecular weight is 460 g/mol. The number of aromatic carboxylic acids is 1. The summed E-state index contributed by atoms with van der Waals surface area (Å²) in [6, 6.07) is 15.2. The topological polar surface area (TPSA) is 86.2 Å². The highest BCUT2D eigenvalue weighted by Gasteiger charge is 2.33. The molecule has 0 saturated heterocycles. The summed E-state index contributed by atoms with van der Waals surface area (Å²) in [4.78, 5) is 11.4. The minimum atomic E-state index is -1.08. The fourth-order valence-electron chi connectivity index (χ4n) is 4.33. The Morgan fingerprint density at radius 3 is 2.35 bits per heavy atom. The molecule has 4 aromatic rings. The van der Waals surface area contributed by atoms with Crippen LogP contribution < -0.4 is 0 Å². The number of carbonyl (C=O) groups is 1. The second kappa shape index (κ2) is 8.31. The van der Waals surface area contributed by atoms with Crippen LogP contribution in [0.4, 0.5) is 8.78 Å². The normalized spacial score (nSPS) is 11.5. The standard InChI is InChI=1S/C27H22F2N2O3/c1-15-4-9-19(14-20(15)29)31-21-12-18(28)13-22(32)24(21)23(25(31)27(2,3)10-11-30)16-5-7-17(8-6-16)26(33)34/h4-9,12-14,32H,10H2,1-3H3,(H,33,34). The number of hydrogen-bond acceptors (Lipinski definition) is 3. The summed E-state index contributed by atoms with van der Waals surface area (Å²) in [7, 11) is 0. The number of nitriles is 1. The first-order valence-electron chi connectivity index (χ1n) is 10.6. The molecule has 0 aliphatic heterocycles. The first-order valence-corrected chi connectivity index (χ1v) is 10.6. The van der Waals surface area contributed by atoms with Gasteiger partial charge in [0, 0.05) is 34.8 Å². The molecule has 0 radical (unpaired) electrons. The lowest BCUT2D eigenvalue weighted by atomic mass is 9.81. The first kappa shape index (κ1) is 23.0. The van der Waals surface area contributed by atoms with Gasteiger partial charge >= 0.3 is 5.97 Å². The molecule has 3 aromatic carbocycles. The lowest BCUT2D eigenvalue weighted by Crippen LogP contribution is -2.22. The molecule has 5 nitrogen and oxygen atoms in total. The van der Waals surface area contributed by atoms with E-state index in [1.54, 1.807) is 35.8 Å². The van der Waals surface area contributed by atoms with Crippen LogP contribution in [0.3, 0.4) is 0 Å². The van der Waals surface area contributed by atoms with Gasteiger partial charge in [-0.1, -0.05) is 32.0 Å². The number of aryl methyl sites for hydroxylation is 1. The molecular weight excluding hydrogens is 438 g/mol. The minimum Gasteiger partial charge on any atom is -0.507 e. The fraction of sp³-hybridized carbons (Fsp3) is 0.185. The molecule has 0 fully saturated rings. The van der Waals surface area contributed by atoms with Gasteiger partial charge in [-0.25, -0.2) is 13.6 Å². The van der Waals surface area contributed by atoms with Crippen molar-refractivity contribution in [2.24, 2.45) is 0 Å². The number of carboxylic acid groups (broad SMARTS) is 1. The second-order valence-electron chi connectivity index (χ2n) is 8.91. The number of phenols is 1. The summed E-state index contributed by atoms with van der Waals surface area (Å²) in [5.74, 6) is -2.52. The molecule has 7 heteroatoms. The zero-order valence-electron chi connectivity index (χ0n) is 18.9. The Kier molecular flexibility index (Phi) is 5.62. The number of aromatic hydroxyl groups is 1. The maximum absolute atomic E-state index is 14.6. The van der Waals surface area contributed by atoms with E-state index < -0.39 is 23.0 Å². The number of aromatic nitrogens is 1. The summed E-state index contributed by atoms with van der Waals surface area (Å²) >= 11 is 0. The number of carboxylic acids is 1. The molecule has 0 unspecified atom stereocenters. The van der Waals surface area contributed by atoms with Gasteiger partial charge in [-0.3, -0.25) is 0 Å². The van der Waals surface area contributed by atoms with Crippen molar-refractivity contribution in [3.8, 4) is 28.6 Å². The minimum absolute atomic E-state index is 0.0844. The van der Waals surface area contributed by atoms with Crippen LogP contribution in [0.25, 0.3) is 27.7 Å². The molecular formula is C27H22F2N2O3. The number of benzene rings is 3. The highest BCUT2D eigenvalue weighted by molar-refractivity contribution is 6.04. The van der Waals surface area contributed by atoms with Crippen molar-refractivity contribution in [1.29, 1.82) is 5.26 Å². The predicted molar refractivity (Wildman–Crippen MR) is 125 cm³/mol. The van der Waals surface area contributed by atoms with Gasteiger partial charge in [0.25, 0.3) is 0 Å². The maximum Gasteiger partial charge on any atom is 0.335 e. The van der Waals surface area contributed by atoms with E-state index in [4.69, 9.17) is 0 Å². The van der Waals surface area contributed by atoms with E-state index in [2.05, 4.69) is 6.07 Å². The van der Waals surface area contributed by atoms with Crippen LogP contribution in [-0.4, -0.2) is 20.7 Å². The molecule has 0 amide bonds. The molecule has 0 atom stereocenters. The monoisotopic (exact) mass is 460 g/mol. The molecule has 0 bridgehead atoms. The van der Waals surface area contributed by atoms with E-state index >= 15 is 0 Å². The fourth-order valence-corrected chi connectivity index (χ4v) is 4.33. The Balaban J connectivity index is 2.21. The lowest BCUT2D eigenvalue weighted by Gasteiger charge is -2.26. The van der Waals surface area contributed by atoms with Gasteiger partial charge in [0.2, 0.25) is 0 Å². The van der Waals surface area contributed by atoms with Gasteiger partial charge in [0.05, 0.1) is 22.5 Å². The summed E-state index contributed by atoms with van der Waals surface area (Å²) in [5, 5.41) is 30.0. The molecule has 0 saturated carbocycles. The van der Waals surface area contributed by atoms with Gasteiger partial charge in [0.15, 0.2) is 0 Å². The number of nitrogens with zero attached hydrogens (tertiary/aromatic N) is 2. The molecule has 2 N–H and O–H groups in total.